The van der Waals surface area contributed by atoms with Gasteiger partial charge in [0, 0.05) is 30.8 Å². The molecule has 0 aliphatic heterocycles. The van der Waals surface area contributed by atoms with Crippen LogP contribution in [0.4, 0.5) is 11.5 Å². The average Bonchev–Trinajstić information content (AvgIpc) is 2.67. The Labute approximate surface area is 153 Å². The molecule has 0 amide bonds. The van der Waals surface area contributed by atoms with Crippen molar-refractivity contribution in [3.63, 3.8) is 0 Å². The lowest BCUT2D eigenvalue weighted by molar-refractivity contribution is 0.862. The average molecular weight is 350 g/mol. The third-order valence-corrected chi connectivity index (χ3v) is 4.60. The van der Waals surface area contributed by atoms with E-state index in [1.54, 1.807) is 11.8 Å². The van der Waals surface area contributed by atoms with E-state index in [9.17, 15) is 0 Å². The van der Waals surface area contributed by atoms with E-state index in [-0.39, 0.29) is 0 Å². The van der Waals surface area contributed by atoms with Gasteiger partial charge < -0.3 is 4.90 Å². The topological polar surface area (TPSA) is 41.9 Å². The van der Waals surface area contributed by atoms with E-state index in [0.717, 1.165) is 23.2 Å². The first-order chi connectivity index (χ1) is 12.2. The van der Waals surface area contributed by atoms with Crippen LogP contribution in [0, 0.1) is 0 Å². The molecule has 0 radical (unpaired) electrons. The van der Waals surface area contributed by atoms with Crippen LogP contribution in [0.1, 0.15) is 30.9 Å². The van der Waals surface area contributed by atoms with Gasteiger partial charge in [-0.15, -0.1) is 0 Å². The summed E-state index contributed by atoms with van der Waals surface area (Å²) in [6, 6.07) is 14.7. The number of hydrogen-bond donors (Lipinski definition) is 0. The highest BCUT2D eigenvalue weighted by atomic mass is 32.2. The molecule has 0 atom stereocenters. The molecule has 5 heteroatoms. The van der Waals surface area contributed by atoms with Gasteiger partial charge in [-0.3, -0.25) is 4.98 Å². The van der Waals surface area contributed by atoms with E-state index in [0.29, 0.717) is 5.92 Å². The number of benzene rings is 1. The third kappa shape index (κ3) is 4.37. The Morgan fingerprint density at radius 2 is 1.68 bits per heavy atom. The van der Waals surface area contributed by atoms with Gasteiger partial charge >= 0.3 is 0 Å². The van der Waals surface area contributed by atoms with Crippen LogP contribution < -0.4 is 4.90 Å². The van der Waals surface area contributed by atoms with E-state index in [4.69, 9.17) is 0 Å². The summed E-state index contributed by atoms with van der Waals surface area (Å²) in [5.41, 5.74) is 3.64. The van der Waals surface area contributed by atoms with Gasteiger partial charge in [-0.05, 0) is 53.6 Å². The van der Waals surface area contributed by atoms with Crippen LogP contribution in [0.2, 0.25) is 0 Å². The van der Waals surface area contributed by atoms with Crippen LogP contribution in [0.15, 0.2) is 66.2 Å². The molecule has 1 aromatic carbocycles. The summed E-state index contributed by atoms with van der Waals surface area (Å²) in [6.07, 6.45) is 7.45. The number of nitrogens with zero attached hydrogens (tertiary/aromatic N) is 4. The molecule has 0 saturated carbocycles. The Bertz CT molecular complexity index is 803. The Morgan fingerprint density at radius 1 is 0.960 bits per heavy atom. The Morgan fingerprint density at radius 3 is 2.32 bits per heavy atom. The van der Waals surface area contributed by atoms with E-state index in [1.807, 2.05) is 43.0 Å². The first-order valence-electron chi connectivity index (χ1n) is 8.31. The third-order valence-electron chi connectivity index (χ3n) is 4.04. The van der Waals surface area contributed by atoms with Crippen molar-refractivity contribution in [2.45, 2.75) is 31.5 Å². The molecule has 0 N–H and O–H groups in total. The normalized spacial score (nSPS) is 10.9. The van der Waals surface area contributed by atoms with E-state index in [1.165, 1.54) is 11.1 Å². The fraction of sp³-hybridized carbons (Fsp3) is 0.250. The number of thioether (sulfide) groups is 1. The molecule has 3 rings (SSSR count). The zero-order valence-corrected chi connectivity index (χ0v) is 15.6. The molecule has 2 heterocycles. The van der Waals surface area contributed by atoms with Gasteiger partial charge in [-0.2, -0.15) is 0 Å². The molecule has 128 valence electrons. The standard InChI is InChI=1S/C20H22N4S/c1-15(2)17-4-6-18(7-5-17)24(14-16-8-11-21-12-9-16)19-10-13-22-20(23-19)25-3/h4-13,15H,14H2,1-3H3. The van der Waals surface area contributed by atoms with Crippen molar-refractivity contribution in [3.8, 4) is 0 Å². The Kier molecular flexibility index (Phi) is 5.66. The second-order valence-corrected chi connectivity index (χ2v) is 6.86. The van der Waals surface area contributed by atoms with Crippen LogP contribution in [-0.4, -0.2) is 21.2 Å². The quantitative estimate of drug-likeness (QED) is 0.459. The largest absolute Gasteiger partial charge is 0.322 e. The van der Waals surface area contributed by atoms with Gasteiger partial charge in [-0.1, -0.05) is 37.7 Å². The lowest BCUT2D eigenvalue weighted by atomic mass is 10.0. The zero-order chi connectivity index (χ0) is 17.6. The number of hydrogen-bond acceptors (Lipinski definition) is 5. The number of anilines is 2. The maximum atomic E-state index is 4.68. The van der Waals surface area contributed by atoms with Gasteiger partial charge in [0.1, 0.15) is 5.82 Å². The van der Waals surface area contributed by atoms with Gasteiger partial charge in [0.05, 0.1) is 0 Å². The first-order valence-corrected chi connectivity index (χ1v) is 9.53. The Hall–Kier alpha value is -2.40. The minimum Gasteiger partial charge on any atom is -0.322 e. The smallest absolute Gasteiger partial charge is 0.189 e. The van der Waals surface area contributed by atoms with Crippen LogP contribution in [-0.2, 0) is 6.54 Å². The summed E-state index contributed by atoms with van der Waals surface area (Å²) in [6.45, 7) is 5.15. The SMILES string of the molecule is CSc1nccc(N(Cc2ccncc2)c2ccc(C(C)C)cc2)n1. The molecule has 0 spiro atoms. The van der Waals surface area contributed by atoms with Crippen LogP contribution in [0.3, 0.4) is 0 Å². The monoisotopic (exact) mass is 350 g/mol. The molecule has 0 saturated heterocycles. The first kappa shape index (κ1) is 17.4. The molecule has 3 aromatic rings. The van der Waals surface area contributed by atoms with E-state index in [2.05, 4.69) is 58.0 Å². The van der Waals surface area contributed by atoms with Crippen molar-refractivity contribution >= 4 is 23.3 Å². The molecule has 0 aliphatic rings. The lowest BCUT2D eigenvalue weighted by Crippen LogP contribution is -2.18. The second-order valence-electron chi connectivity index (χ2n) is 6.09. The maximum Gasteiger partial charge on any atom is 0.189 e. The minimum absolute atomic E-state index is 0.518. The van der Waals surface area contributed by atoms with Gasteiger partial charge in [0.2, 0.25) is 0 Å². The summed E-state index contributed by atoms with van der Waals surface area (Å²) < 4.78 is 0. The van der Waals surface area contributed by atoms with Gasteiger partial charge in [0.25, 0.3) is 0 Å². The summed E-state index contributed by atoms with van der Waals surface area (Å²) in [7, 11) is 0. The van der Waals surface area contributed by atoms with Crippen molar-refractivity contribution in [2.24, 2.45) is 0 Å². The molecule has 4 nitrogen and oxygen atoms in total. The molecule has 0 bridgehead atoms. The molecule has 0 fully saturated rings. The van der Waals surface area contributed by atoms with Crippen LogP contribution in [0.5, 0.6) is 0 Å². The molecular formula is C20H22N4S. The summed E-state index contributed by atoms with van der Waals surface area (Å²) in [5.74, 6) is 1.42. The van der Waals surface area contributed by atoms with Crippen LogP contribution >= 0.6 is 11.8 Å². The molecule has 0 unspecified atom stereocenters. The summed E-state index contributed by atoms with van der Waals surface area (Å²) >= 11 is 1.55. The highest BCUT2D eigenvalue weighted by molar-refractivity contribution is 7.98. The highest BCUT2D eigenvalue weighted by Crippen LogP contribution is 2.28. The fourth-order valence-corrected chi connectivity index (χ4v) is 2.95. The van der Waals surface area contributed by atoms with Crippen molar-refractivity contribution in [1.29, 1.82) is 0 Å². The minimum atomic E-state index is 0.518. The number of rotatable bonds is 6. The molecular weight excluding hydrogens is 328 g/mol. The predicted octanol–water partition coefficient (Wildman–Crippen LogP) is 5.06. The molecule has 0 aliphatic carbocycles. The number of pyridine rings is 1. The molecule has 2 aromatic heterocycles. The highest BCUT2D eigenvalue weighted by Gasteiger charge is 2.13. The number of aromatic nitrogens is 3. The predicted molar refractivity (Wildman–Crippen MR) is 104 cm³/mol. The van der Waals surface area contributed by atoms with Crippen molar-refractivity contribution in [2.75, 3.05) is 11.2 Å². The summed E-state index contributed by atoms with van der Waals surface area (Å²) in [4.78, 5) is 15.3. The Balaban J connectivity index is 1.98. The van der Waals surface area contributed by atoms with E-state index < -0.39 is 0 Å². The van der Waals surface area contributed by atoms with Gasteiger partial charge in [0.15, 0.2) is 5.16 Å². The summed E-state index contributed by atoms with van der Waals surface area (Å²) in [5, 5.41) is 0.774. The lowest BCUT2D eigenvalue weighted by Gasteiger charge is -2.24. The van der Waals surface area contributed by atoms with Crippen molar-refractivity contribution < 1.29 is 0 Å². The van der Waals surface area contributed by atoms with E-state index >= 15 is 0 Å². The van der Waals surface area contributed by atoms with Gasteiger partial charge in [-0.25, -0.2) is 9.97 Å². The molecule has 25 heavy (non-hydrogen) atoms. The van der Waals surface area contributed by atoms with Crippen molar-refractivity contribution in [3.05, 3.63) is 72.2 Å². The zero-order valence-electron chi connectivity index (χ0n) is 14.8. The van der Waals surface area contributed by atoms with Crippen LogP contribution in [0.25, 0.3) is 0 Å². The second kappa shape index (κ2) is 8.12. The maximum absolute atomic E-state index is 4.68. The fourth-order valence-electron chi connectivity index (χ4n) is 2.59. The van der Waals surface area contributed by atoms with Crippen molar-refractivity contribution in [1.82, 2.24) is 15.0 Å².